The summed E-state index contributed by atoms with van der Waals surface area (Å²) in [5.41, 5.74) is 2.55. The molecule has 42 heavy (non-hydrogen) atoms. The van der Waals surface area contributed by atoms with Crippen LogP contribution in [0.3, 0.4) is 0 Å². The monoisotopic (exact) mass is 611 g/mol. The molecule has 5 rings (SSSR count). The van der Waals surface area contributed by atoms with Crippen LogP contribution in [-0.4, -0.2) is 53.7 Å². The molecule has 2 heterocycles. The fourth-order valence-corrected chi connectivity index (χ4v) is 8.47. The number of anilines is 1. The van der Waals surface area contributed by atoms with E-state index in [1.54, 1.807) is 44.0 Å². The minimum Gasteiger partial charge on any atom is -0.465 e. The summed E-state index contributed by atoms with van der Waals surface area (Å²) >= 11 is 1.46. The smallest absolute Gasteiger partial charge is 0.404 e. The predicted octanol–water partition coefficient (Wildman–Crippen LogP) is 5.77. The molecule has 10 nitrogen and oxygen atoms in total. The van der Waals surface area contributed by atoms with Crippen LogP contribution >= 0.6 is 11.3 Å². The van der Waals surface area contributed by atoms with Crippen LogP contribution < -0.4 is 15.4 Å². The van der Waals surface area contributed by atoms with E-state index < -0.39 is 21.7 Å². The summed E-state index contributed by atoms with van der Waals surface area (Å²) in [7, 11) is -3.95. The van der Waals surface area contributed by atoms with Gasteiger partial charge in [0, 0.05) is 48.0 Å². The number of amides is 3. The summed E-state index contributed by atoms with van der Waals surface area (Å²) in [6, 6.07) is 12.7. The van der Waals surface area contributed by atoms with E-state index in [0.717, 1.165) is 47.6 Å². The lowest BCUT2D eigenvalue weighted by atomic mass is 9.86. The quantitative estimate of drug-likeness (QED) is 0.279. The van der Waals surface area contributed by atoms with Gasteiger partial charge in [-0.1, -0.05) is 30.3 Å². The highest BCUT2D eigenvalue weighted by molar-refractivity contribution is 7.89. The van der Waals surface area contributed by atoms with Gasteiger partial charge in [-0.3, -0.25) is 0 Å². The Morgan fingerprint density at radius 1 is 1.05 bits per heavy atom. The molecule has 0 spiro atoms. The van der Waals surface area contributed by atoms with Gasteiger partial charge in [0.25, 0.3) is 0 Å². The zero-order chi connectivity index (χ0) is 30.1. The Morgan fingerprint density at radius 3 is 2.45 bits per heavy atom. The summed E-state index contributed by atoms with van der Waals surface area (Å²) in [5.74, 6) is 0.191. The molecular weight excluding hydrogens is 574 g/mol. The molecule has 0 radical (unpaired) electrons. The van der Waals surface area contributed by atoms with Crippen LogP contribution in [-0.2, 0) is 23.0 Å². The third kappa shape index (κ3) is 7.11. The van der Waals surface area contributed by atoms with Crippen LogP contribution in [0.15, 0.2) is 53.6 Å². The van der Waals surface area contributed by atoms with Gasteiger partial charge >= 0.3 is 12.1 Å². The van der Waals surface area contributed by atoms with Crippen LogP contribution in [0.25, 0.3) is 10.4 Å². The zero-order valence-electron chi connectivity index (χ0n) is 24.0. The Balaban J connectivity index is 1.38. The Morgan fingerprint density at radius 2 is 1.76 bits per heavy atom. The topological polar surface area (TPSA) is 141 Å². The van der Waals surface area contributed by atoms with Crippen molar-refractivity contribution >= 4 is 39.2 Å². The number of fused-ring (bicyclic) bond motifs is 1. The molecule has 0 saturated heterocycles. The molecule has 4 N–H and O–H groups in total. The number of nitrogens with one attached hydrogen (secondary N) is 3. The molecule has 2 aliphatic rings. The number of hydrogen-bond acceptors (Lipinski definition) is 6. The summed E-state index contributed by atoms with van der Waals surface area (Å²) < 4.78 is 30.0. The van der Waals surface area contributed by atoms with Gasteiger partial charge in [0.15, 0.2) is 0 Å². The van der Waals surface area contributed by atoms with E-state index in [4.69, 9.17) is 5.11 Å². The van der Waals surface area contributed by atoms with E-state index in [2.05, 4.69) is 26.4 Å². The molecule has 0 atom stereocenters. The Bertz CT molecular complexity index is 1570. The number of thiazole rings is 1. The van der Waals surface area contributed by atoms with Crippen LogP contribution in [0.5, 0.6) is 0 Å². The van der Waals surface area contributed by atoms with Crippen LogP contribution in [0.2, 0.25) is 0 Å². The van der Waals surface area contributed by atoms with Gasteiger partial charge in [0.2, 0.25) is 10.0 Å². The van der Waals surface area contributed by atoms with Crippen molar-refractivity contribution in [2.24, 2.45) is 0 Å². The second kappa shape index (κ2) is 12.0. The highest BCUT2D eigenvalue weighted by Crippen LogP contribution is 2.40. The summed E-state index contributed by atoms with van der Waals surface area (Å²) in [5, 5.41) is 15.4. The van der Waals surface area contributed by atoms with Crippen molar-refractivity contribution in [2.75, 3.05) is 11.9 Å². The van der Waals surface area contributed by atoms with Gasteiger partial charge in [0.1, 0.15) is 0 Å². The minimum absolute atomic E-state index is 0.0548. The Kier molecular flexibility index (Phi) is 8.58. The highest BCUT2D eigenvalue weighted by Gasteiger charge is 2.29. The van der Waals surface area contributed by atoms with E-state index in [1.165, 1.54) is 23.0 Å². The average Bonchev–Trinajstić information content (AvgIpc) is 3.42. The molecule has 0 unspecified atom stereocenters. The standard InChI is InChI=1S/C30H37N5O5S2/c1-30(2,3)34-42(39,40)26-16-23(32-28(36)35-15-14-19-6-4-5-7-21(19)18-35)12-13-24(26)25-17-31-27(41-25)20-8-10-22(11-9-20)33-29(37)38/h4-7,12-13,16-17,20,22,33-34H,8-11,14-15,18H2,1-3H3,(H,32,36)(H,37,38). The number of benzene rings is 2. The van der Waals surface area contributed by atoms with Crippen molar-refractivity contribution in [3.05, 3.63) is 64.8 Å². The zero-order valence-corrected chi connectivity index (χ0v) is 25.6. The first kappa shape index (κ1) is 30.0. The fraction of sp³-hybridized carbons (Fsp3) is 0.433. The number of carboxylic acid groups (broad SMARTS) is 1. The molecule has 3 aromatic rings. The summed E-state index contributed by atoms with van der Waals surface area (Å²) in [4.78, 5) is 31.3. The number of urea groups is 1. The molecule has 1 saturated carbocycles. The van der Waals surface area contributed by atoms with Crippen molar-refractivity contribution < 1.29 is 23.1 Å². The lowest BCUT2D eigenvalue weighted by Crippen LogP contribution is -2.40. The van der Waals surface area contributed by atoms with Crippen LogP contribution in [0.1, 0.15) is 68.5 Å². The van der Waals surface area contributed by atoms with Gasteiger partial charge in [-0.2, -0.15) is 0 Å². The lowest BCUT2D eigenvalue weighted by Gasteiger charge is -2.29. The maximum atomic E-state index is 13.6. The maximum Gasteiger partial charge on any atom is 0.404 e. The molecule has 2 aromatic carbocycles. The summed E-state index contributed by atoms with van der Waals surface area (Å²) in [6.07, 6.45) is 4.55. The van der Waals surface area contributed by atoms with Crippen molar-refractivity contribution in [2.45, 2.75) is 81.8 Å². The van der Waals surface area contributed by atoms with Crippen LogP contribution in [0.4, 0.5) is 15.3 Å². The highest BCUT2D eigenvalue weighted by atomic mass is 32.2. The van der Waals surface area contributed by atoms with Gasteiger partial charge in [0.05, 0.1) is 14.8 Å². The molecule has 0 bridgehead atoms. The average molecular weight is 612 g/mol. The fourth-order valence-electron chi connectivity index (χ4n) is 5.62. The largest absolute Gasteiger partial charge is 0.465 e. The Hall–Kier alpha value is -3.48. The number of aromatic nitrogens is 1. The van der Waals surface area contributed by atoms with Crippen molar-refractivity contribution in [1.82, 2.24) is 19.9 Å². The van der Waals surface area contributed by atoms with Gasteiger partial charge in [-0.05, 0) is 76.1 Å². The van der Waals surface area contributed by atoms with E-state index in [-0.39, 0.29) is 22.9 Å². The minimum atomic E-state index is -3.95. The van der Waals surface area contributed by atoms with E-state index in [0.29, 0.717) is 24.3 Å². The number of nitrogens with zero attached hydrogens (tertiary/aromatic N) is 2. The molecule has 1 aromatic heterocycles. The molecule has 1 aliphatic carbocycles. The second-order valence-corrected chi connectivity index (χ2v) is 14.7. The molecular formula is C30H37N5O5S2. The van der Waals surface area contributed by atoms with Gasteiger partial charge in [-0.15, -0.1) is 11.3 Å². The second-order valence-electron chi connectivity index (χ2n) is 12.0. The number of sulfonamides is 1. The van der Waals surface area contributed by atoms with E-state index in [9.17, 15) is 18.0 Å². The number of hydrogen-bond donors (Lipinski definition) is 4. The van der Waals surface area contributed by atoms with Crippen molar-refractivity contribution in [3.8, 4) is 10.4 Å². The predicted molar refractivity (Wildman–Crippen MR) is 163 cm³/mol. The molecule has 224 valence electrons. The Labute approximate surface area is 250 Å². The first-order chi connectivity index (χ1) is 19.9. The number of rotatable bonds is 6. The molecule has 1 aliphatic heterocycles. The lowest BCUT2D eigenvalue weighted by molar-refractivity contribution is 0.185. The first-order valence-corrected chi connectivity index (χ1v) is 16.4. The first-order valence-electron chi connectivity index (χ1n) is 14.1. The van der Waals surface area contributed by atoms with Crippen LogP contribution in [0, 0.1) is 0 Å². The molecule has 1 fully saturated rings. The van der Waals surface area contributed by atoms with Crippen molar-refractivity contribution in [1.29, 1.82) is 0 Å². The van der Waals surface area contributed by atoms with E-state index in [1.807, 2.05) is 18.2 Å². The number of carbonyl (C=O) groups is 2. The van der Waals surface area contributed by atoms with Gasteiger partial charge in [-0.25, -0.2) is 27.7 Å². The maximum absolute atomic E-state index is 13.6. The SMILES string of the molecule is CC(C)(C)NS(=O)(=O)c1cc(NC(=O)N2CCc3ccccc3C2)ccc1-c1cnc(C2CCC(NC(=O)O)CC2)s1. The third-order valence-electron chi connectivity index (χ3n) is 7.57. The summed E-state index contributed by atoms with van der Waals surface area (Å²) in [6.45, 7) is 6.42. The number of carbonyl (C=O) groups excluding carboxylic acids is 1. The van der Waals surface area contributed by atoms with Gasteiger partial charge < -0.3 is 20.6 Å². The van der Waals surface area contributed by atoms with Crippen molar-refractivity contribution in [3.63, 3.8) is 0 Å². The molecule has 3 amide bonds. The van der Waals surface area contributed by atoms with E-state index >= 15 is 0 Å². The third-order valence-corrected chi connectivity index (χ3v) is 10.6. The molecule has 12 heteroatoms. The normalized spacial score (nSPS) is 19.2.